The molecular formula is C7H7ClOS. The van der Waals surface area contributed by atoms with Crippen LogP contribution >= 0.6 is 22.9 Å². The van der Waals surface area contributed by atoms with Crippen LogP contribution in [0.3, 0.4) is 0 Å². The minimum Gasteiger partial charge on any atom is -0.276 e. The molecule has 0 aromatic carbocycles. The van der Waals surface area contributed by atoms with Crippen molar-refractivity contribution in [3.05, 3.63) is 21.9 Å². The van der Waals surface area contributed by atoms with Gasteiger partial charge in [0.05, 0.1) is 0 Å². The molecule has 1 rings (SSSR count). The van der Waals surface area contributed by atoms with E-state index in [9.17, 15) is 4.79 Å². The van der Waals surface area contributed by atoms with Gasteiger partial charge in [-0.1, -0.05) is 6.92 Å². The van der Waals surface area contributed by atoms with Crippen molar-refractivity contribution < 1.29 is 4.79 Å². The van der Waals surface area contributed by atoms with Crippen molar-refractivity contribution in [3.63, 3.8) is 0 Å². The van der Waals surface area contributed by atoms with E-state index in [1.165, 1.54) is 4.88 Å². The summed E-state index contributed by atoms with van der Waals surface area (Å²) < 4.78 is 0. The van der Waals surface area contributed by atoms with Crippen LogP contribution < -0.4 is 0 Å². The molecule has 0 amide bonds. The molecule has 10 heavy (non-hydrogen) atoms. The van der Waals surface area contributed by atoms with Crippen LogP contribution in [0.15, 0.2) is 11.4 Å². The standard InChI is InChI=1S/C7H7ClOS/c1-2-6-3-5(4-10-6)7(8)9/h3-4H,2H2,1H3. The monoisotopic (exact) mass is 174 g/mol. The molecule has 0 aliphatic rings. The topological polar surface area (TPSA) is 17.1 Å². The average molecular weight is 175 g/mol. The zero-order valence-corrected chi connectivity index (χ0v) is 7.13. The number of carbonyl (C=O) groups excluding carboxylic acids is 1. The molecule has 1 aromatic rings. The number of thiophene rings is 1. The first kappa shape index (κ1) is 7.76. The molecule has 0 aliphatic heterocycles. The van der Waals surface area contributed by atoms with Crippen LogP contribution in [0.2, 0.25) is 0 Å². The summed E-state index contributed by atoms with van der Waals surface area (Å²) in [5.74, 6) is 0. The van der Waals surface area contributed by atoms with Gasteiger partial charge in [-0.05, 0) is 24.1 Å². The Labute approximate surface area is 68.6 Å². The number of hydrogen-bond donors (Lipinski definition) is 0. The van der Waals surface area contributed by atoms with Crippen molar-refractivity contribution in [1.82, 2.24) is 0 Å². The maximum Gasteiger partial charge on any atom is 0.253 e. The third-order valence-corrected chi connectivity index (χ3v) is 2.53. The Balaban J connectivity index is 2.88. The first-order chi connectivity index (χ1) is 4.74. The summed E-state index contributed by atoms with van der Waals surface area (Å²) in [6, 6.07) is 1.83. The largest absolute Gasteiger partial charge is 0.276 e. The normalized spacial score (nSPS) is 9.80. The summed E-state index contributed by atoms with van der Waals surface area (Å²) in [4.78, 5) is 11.7. The van der Waals surface area contributed by atoms with Gasteiger partial charge in [0, 0.05) is 15.8 Å². The summed E-state index contributed by atoms with van der Waals surface area (Å²) >= 11 is 6.81. The maximum atomic E-state index is 10.5. The number of rotatable bonds is 2. The zero-order chi connectivity index (χ0) is 7.56. The second kappa shape index (κ2) is 3.17. The van der Waals surface area contributed by atoms with Crippen LogP contribution in [0.1, 0.15) is 22.2 Å². The summed E-state index contributed by atoms with van der Waals surface area (Å²) in [6.07, 6.45) is 0.967. The van der Waals surface area contributed by atoms with Gasteiger partial charge in [0.25, 0.3) is 5.24 Å². The van der Waals surface area contributed by atoms with Gasteiger partial charge in [-0.25, -0.2) is 0 Å². The van der Waals surface area contributed by atoms with Gasteiger partial charge in [-0.15, -0.1) is 11.3 Å². The van der Waals surface area contributed by atoms with Crippen LogP contribution in [0.25, 0.3) is 0 Å². The Morgan fingerprint density at radius 1 is 1.80 bits per heavy atom. The highest BCUT2D eigenvalue weighted by molar-refractivity contribution is 7.10. The van der Waals surface area contributed by atoms with Crippen LogP contribution in [-0.2, 0) is 6.42 Å². The van der Waals surface area contributed by atoms with Crippen LogP contribution in [-0.4, -0.2) is 5.24 Å². The van der Waals surface area contributed by atoms with E-state index in [-0.39, 0.29) is 5.24 Å². The van der Waals surface area contributed by atoms with E-state index in [2.05, 4.69) is 0 Å². The first-order valence-corrected chi connectivity index (χ1v) is 4.27. The minimum atomic E-state index is -0.365. The third-order valence-electron chi connectivity index (χ3n) is 1.23. The molecule has 0 saturated heterocycles. The van der Waals surface area contributed by atoms with Crippen molar-refractivity contribution >= 4 is 28.2 Å². The van der Waals surface area contributed by atoms with Gasteiger partial charge >= 0.3 is 0 Å². The lowest BCUT2D eigenvalue weighted by atomic mass is 10.3. The Hall–Kier alpha value is -0.340. The lowest BCUT2D eigenvalue weighted by molar-refractivity contribution is 0.108. The Morgan fingerprint density at radius 2 is 2.50 bits per heavy atom. The average Bonchev–Trinajstić information content (AvgIpc) is 2.34. The molecule has 0 unspecified atom stereocenters. The van der Waals surface area contributed by atoms with Gasteiger partial charge in [-0.2, -0.15) is 0 Å². The lowest BCUT2D eigenvalue weighted by Crippen LogP contribution is -1.82. The Kier molecular flexibility index (Phi) is 2.46. The molecular weight excluding hydrogens is 168 g/mol. The molecule has 0 fully saturated rings. The summed E-state index contributed by atoms with van der Waals surface area (Å²) in [5.41, 5.74) is 0.614. The van der Waals surface area contributed by atoms with E-state index in [1.54, 1.807) is 16.7 Å². The van der Waals surface area contributed by atoms with Crippen LogP contribution in [0, 0.1) is 0 Å². The van der Waals surface area contributed by atoms with Gasteiger partial charge in [0.1, 0.15) is 0 Å². The highest BCUT2D eigenvalue weighted by Gasteiger charge is 2.03. The second-order valence-electron chi connectivity index (χ2n) is 1.93. The molecule has 0 saturated carbocycles. The van der Waals surface area contributed by atoms with E-state index < -0.39 is 0 Å². The number of hydrogen-bond acceptors (Lipinski definition) is 2. The number of carbonyl (C=O) groups is 1. The molecule has 0 spiro atoms. The molecule has 0 radical (unpaired) electrons. The molecule has 0 atom stereocenters. The van der Waals surface area contributed by atoms with Crippen molar-refractivity contribution in [2.75, 3.05) is 0 Å². The van der Waals surface area contributed by atoms with Gasteiger partial charge < -0.3 is 0 Å². The molecule has 1 nitrogen and oxygen atoms in total. The van der Waals surface area contributed by atoms with E-state index >= 15 is 0 Å². The van der Waals surface area contributed by atoms with Gasteiger partial charge in [-0.3, -0.25) is 4.79 Å². The zero-order valence-electron chi connectivity index (χ0n) is 5.56. The van der Waals surface area contributed by atoms with Crippen molar-refractivity contribution in [3.8, 4) is 0 Å². The van der Waals surface area contributed by atoms with E-state index in [1.807, 2.05) is 13.0 Å². The SMILES string of the molecule is CCc1cc(C(=O)Cl)cs1. The fourth-order valence-electron chi connectivity index (χ4n) is 0.669. The molecule has 3 heteroatoms. The van der Waals surface area contributed by atoms with Gasteiger partial charge in [0.15, 0.2) is 0 Å². The van der Waals surface area contributed by atoms with Crippen LogP contribution in [0.5, 0.6) is 0 Å². The lowest BCUT2D eigenvalue weighted by Gasteiger charge is -1.82. The number of aryl methyl sites for hydroxylation is 1. The number of halogens is 1. The predicted molar refractivity (Wildman–Crippen MR) is 43.9 cm³/mol. The van der Waals surface area contributed by atoms with E-state index in [0.29, 0.717) is 5.56 Å². The highest BCUT2D eigenvalue weighted by Crippen LogP contribution is 2.16. The first-order valence-electron chi connectivity index (χ1n) is 3.01. The predicted octanol–water partition coefficient (Wildman–Crippen LogP) is 2.69. The van der Waals surface area contributed by atoms with E-state index in [4.69, 9.17) is 11.6 Å². The Bertz CT molecular complexity index is 242. The second-order valence-corrected chi connectivity index (χ2v) is 3.27. The van der Waals surface area contributed by atoms with Crippen molar-refractivity contribution in [2.45, 2.75) is 13.3 Å². The van der Waals surface area contributed by atoms with Crippen molar-refractivity contribution in [2.24, 2.45) is 0 Å². The highest BCUT2D eigenvalue weighted by atomic mass is 35.5. The summed E-state index contributed by atoms with van der Waals surface area (Å²) in [6.45, 7) is 2.05. The fraction of sp³-hybridized carbons (Fsp3) is 0.286. The quantitative estimate of drug-likeness (QED) is 0.631. The maximum absolute atomic E-state index is 10.5. The molecule has 1 aromatic heterocycles. The smallest absolute Gasteiger partial charge is 0.253 e. The summed E-state index contributed by atoms with van der Waals surface area (Å²) in [5, 5.41) is 1.42. The Morgan fingerprint density at radius 3 is 2.80 bits per heavy atom. The van der Waals surface area contributed by atoms with Crippen molar-refractivity contribution in [1.29, 1.82) is 0 Å². The fourth-order valence-corrected chi connectivity index (χ4v) is 1.66. The van der Waals surface area contributed by atoms with Crippen LogP contribution in [0.4, 0.5) is 0 Å². The summed E-state index contributed by atoms with van der Waals surface area (Å²) in [7, 11) is 0. The molecule has 0 aliphatic carbocycles. The molecule has 1 heterocycles. The molecule has 0 N–H and O–H groups in total. The molecule has 0 bridgehead atoms. The third kappa shape index (κ3) is 1.58. The van der Waals surface area contributed by atoms with E-state index in [0.717, 1.165) is 6.42 Å². The minimum absolute atomic E-state index is 0.365. The van der Waals surface area contributed by atoms with Gasteiger partial charge in [0.2, 0.25) is 0 Å². The molecule has 54 valence electrons.